The lowest BCUT2D eigenvalue weighted by molar-refractivity contribution is -0.135. The van der Waals surface area contributed by atoms with Crippen LogP contribution >= 0.6 is 0 Å². The summed E-state index contributed by atoms with van der Waals surface area (Å²) in [4.78, 5) is 28.1. The van der Waals surface area contributed by atoms with Gasteiger partial charge in [0.2, 0.25) is 11.8 Å². The number of hydrogen-bond donors (Lipinski definition) is 1. The number of nitrogens with zero attached hydrogens (tertiary/aromatic N) is 2. The lowest BCUT2D eigenvalue weighted by atomic mass is 10.1. The summed E-state index contributed by atoms with van der Waals surface area (Å²) in [6.45, 7) is 4.45. The predicted molar refractivity (Wildman–Crippen MR) is 86.1 cm³/mol. The summed E-state index contributed by atoms with van der Waals surface area (Å²) in [7, 11) is 0. The van der Waals surface area contributed by atoms with E-state index in [2.05, 4.69) is 0 Å². The number of halogens is 1. The third-order valence-electron chi connectivity index (χ3n) is 4.18. The molecular weight excluding hydrogens is 297 g/mol. The SMILES string of the molecule is CC(CN)C(=O)N1CCCN(C(=O)Cc2cccc(F)c2)CC1. The van der Waals surface area contributed by atoms with Crippen molar-refractivity contribution >= 4 is 11.8 Å². The zero-order valence-electron chi connectivity index (χ0n) is 13.5. The normalized spacial score (nSPS) is 16.8. The molecule has 1 aliphatic heterocycles. The first-order valence-electron chi connectivity index (χ1n) is 8.02. The summed E-state index contributed by atoms with van der Waals surface area (Å²) >= 11 is 0. The number of benzene rings is 1. The van der Waals surface area contributed by atoms with Gasteiger partial charge in [-0.1, -0.05) is 19.1 Å². The van der Waals surface area contributed by atoms with E-state index in [1.807, 2.05) is 6.92 Å². The van der Waals surface area contributed by atoms with Crippen molar-refractivity contribution in [2.24, 2.45) is 11.7 Å². The Balaban J connectivity index is 1.92. The molecule has 2 amide bonds. The molecular formula is C17H24FN3O2. The molecule has 6 heteroatoms. The summed E-state index contributed by atoms with van der Waals surface area (Å²) in [6, 6.07) is 6.10. The minimum Gasteiger partial charge on any atom is -0.341 e. The largest absolute Gasteiger partial charge is 0.341 e. The molecule has 1 aromatic rings. The number of carbonyl (C=O) groups excluding carboxylic acids is 2. The molecule has 23 heavy (non-hydrogen) atoms. The Morgan fingerprint density at radius 3 is 2.61 bits per heavy atom. The Bertz CT molecular complexity index is 565. The molecule has 1 heterocycles. The van der Waals surface area contributed by atoms with E-state index in [0.29, 0.717) is 38.3 Å². The lowest BCUT2D eigenvalue weighted by Gasteiger charge is -2.24. The van der Waals surface area contributed by atoms with Crippen molar-refractivity contribution in [2.75, 3.05) is 32.7 Å². The molecule has 0 aromatic heterocycles. The van der Waals surface area contributed by atoms with Gasteiger partial charge in [-0.3, -0.25) is 9.59 Å². The molecule has 126 valence electrons. The topological polar surface area (TPSA) is 66.6 Å². The summed E-state index contributed by atoms with van der Waals surface area (Å²) in [5.74, 6) is -0.507. The van der Waals surface area contributed by atoms with Crippen LogP contribution in [0.2, 0.25) is 0 Å². The maximum Gasteiger partial charge on any atom is 0.227 e. The highest BCUT2D eigenvalue weighted by Crippen LogP contribution is 2.11. The van der Waals surface area contributed by atoms with Crippen LogP contribution in [0.4, 0.5) is 4.39 Å². The van der Waals surface area contributed by atoms with E-state index < -0.39 is 0 Å². The molecule has 0 spiro atoms. The Morgan fingerprint density at radius 2 is 1.91 bits per heavy atom. The standard InChI is InChI=1S/C17H24FN3O2/c1-13(12-19)17(23)21-7-3-6-20(8-9-21)16(22)11-14-4-2-5-15(18)10-14/h2,4-5,10,13H,3,6-9,11-12,19H2,1H3. The highest BCUT2D eigenvalue weighted by Gasteiger charge is 2.24. The molecule has 2 N–H and O–H groups in total. The van der Waals surface area contributed by atoms with Crippen molar-refractivity contribution in [3.63, 3.8) is 0 Å². The smallest absolute Gasteiger partial charge is 0.227 e. The van der Waals surface area contributed by atoms with Crippen LogP contribution in [-0.4, -0.2) is 54.3 Å². The second-order valence-electron chi connectivity index (χ2n) is 6.00. The Labute approximate surface area is 136 Å². The molecule has 1 saturated heterocycles. The third kappa shape index (κ3) is 4.76. The van der Waals surface area contributed by atoms with E-state index in [-0.39, 0.29) is 30.0 Å². The predicted octanol–water partition coefficient (Wildman–Crippen LogP) is 1.02. The molecule has 0 saturated carbocycles. The zero-order chi connectivity index (χ0) is 16.8. The molecule has 1 unspecified atom stereocenters. The lowest BCUT2D eigenvalue weighted by Crippen LogP contribution is -2.41. The first-order valence-corrected chi connectivity index (χ1v) is 8.02. The fraction of sp³-hybridized carbons (Fsp3) is 0.529. The van der Waals surface area contributed by atoms with E-state index in [9.17, 15) is 14.0 Å². The van der Waals surface area contributed by atoms with Gasteiger partial charge in [0.1, 0.15) is 5.82 Å². The van der Waals surface area contributed by atoms with Gasteiger partial charge >= 0.3 is 0 Å². The monoisotopic (exact) mass is 321 g/mol. The van der Waals surface area contributed by atoms with Crippen molar-refractivity contribution in [1.29, 1.82) is 0 Å². The molecule has 0 aliphatic carbocycles. The van der Waals surface area contributed by atoms with Gasteiger partial charge in [-0.25, -0.2) is 4.39 Å². The van der Waals surface area contributed by atoms with Crippen molar-refractivity contribution < 1.29 is 14.0 Å². The van der Waals surface area contributed by atoms with Crippen molar-refractivity contribution in [2.45, 2.75) is 19.8 Å². The van der Waals surface area contributed by atoms with E-state index >= 15 is 0 Å². The molecule has 0 radical (unpaired) electrons. The summed E-state index contributed by atoms with van der Waals surface area (Å²) in [5, 5.41) is 0. The number of carbonyl (C=O) groups is 2. The van der Waals surface area contributed by atoms with E-state index in [1.54, 1.807) is 21.9 Å². The van der Waals surface area contributed by atoms with Crippen LogP contribution in [0.15, 0.2) is 24.3 Å². The third-order valence-corrected chi connectivity index (χ3v) is 4.18. The summed E-state index contributed by atoms with van der Waals surface area (Å²) in [5.41, 5.74) is 6.22. The molecule has 1 fully saturated rings. The van der Waals surface area contributed by atoms with Gasteiger partial charge < -0.3 is 15.5 Å². The van der Waals surface area contributed by atoms with Gasteiger partial charge in [0.05, 0.1) is 6.42 Å². The van der Waals surface area contributed by atoms with Crippen LogP contribution in [0.1, 0.15) is 18.9 Å². The van der Waals surface area contributed by atoms with Crippen molar-refractivity contribution in [1.82, 2.24) is 9.80 Å². The quantitative estimate of drug-likeness (QED) is 0.900. The molecule has 5 nitrogen and oxygen atoms in total. The first kappa shape index (κ1) is 17.4. The van der Waals surface area contributed by atoms with Gasteiger partial charge in [-0.15, -0.1) is 0 Å². The van der Waals surface area contributed by atoms with Gasteiger partial charge in [-0.2, -0.15) is 0 Å². The second-order valence-corrected chi connectivity index (χ2v) is 6.00. The van der Waals surface area contributed by atoms with Crippen LogP contribution in [0.3, 0.4) is 0 Å². The maximum absolute atomic E-state index is 13.2. The summed E-state index contributed by atoms with van der Waals surface area (Å²) < 4.78 is 13.2. The molecule has 0 bridgehead atoms. The van der Waals surface area contributed by atoms with Gasteiger partial charge in [-0.05, 0) is 24.1 Å². The highest BCUT2D eigenvalue weighted by atomic mass is 19.1. The Hall–Kier alpha value is -1.95. The number of rotatable bonds is 4. The van der Waals surface area contributed by atoms with Crippen LogP contribution < -0.4 is 5.73 Å². The first-order chi connectivity index (χ1) is 11.0. The number of amides is 2. The van der Waals surface area contributed by atoms with Crippen molar-refractivity contribution in [3.05, 3.63) is 35.6 Å². The molecule has 1 atom stereocenters. The van der Waals surface area contributed by atoms with Crippen LogP contribution in [0.25, 0.3) is 0 Å². The van der Waals surface area contributed by atoms with Crippen LogP contribution in [0, 0.1) is 11.7 Å². The van der Waals surface area contributed by atoms with Gasteiger partial charge in [0, 0.05) is 38.6 Å². The average Bonchev–Trinajstić information content (AvgIpc) is 2.79. The second kappa shape index (κ2) is 8.06. The number of hydrogen-bond acceptors (Lipinski definition) is 3. The average molecular weight is 321 g/mol. The zero-order valence-corrected chi connectivity index (χ0v) is 13.5. The van der Waals surface area contributed by atoms with E-state index in [4.69, 9.17) is 5.73 Å². The molecule has 2 rings (SSSR count). The molecule has 1 aromatic carbocycles. The molecule has 1 aliphatic rings. The minimum absolute atomic E-state index is 0.0308. The fourth-order valence-electron chi connectivity index (χ4n) is 2.73. The minimum atomic E-state index is -0.335. The van der Waals surface area contributed by atoms with Crippen LogP contribution in [-0.2, 0) is 16.0 Å². The number of nitrogens with two attached hydrogens (primary N) is 1. The fourth-order valence-corrected chi connectivity index (χ4v) is 2.73. The highest BCUT2D eigenvalue weighted by molar-refractivity contribution is 5.80. The Morgan fingerprint density at radius 1 is 1.22 bits per heavy atom. The van der Waals surface area contributed by atoms with Gasteiger partial charge in [0.15, 0.2) is 0 Å². The van der Waals surface area contributed by atoms with E-state index in [1.165, 1.54) is 12.1 Å². The Kier molecular flexibility index (Phi) is 6.10. The van der Waals surface area contributed by atoms with Gasteiger partial charge in [0.25, 0.3) is 0 Å². The van der Waals surface area contributed by atoms with E-state index in [0.717, 1.165) is 6.42 Å². The summed E-state index contributed by atoms with van der Waals surface area (Å²) in [6.07, 6.45) is 0.933. The maximum atomic E-state index is 13.2. The van der Waals surface area contributed by atoms with Crippen LogP contribution in [0.5, 0.6) is 0 Å². The van der Waals surface area contributed by atoms with Crippen molar-refractivity contribution in [3.8, 4) is 0 Å².